The SMILES string of the molecule is C/C=C(\C)C(=O)O[C@H]1CC[C@H](C)[C@@]2(C)[C@H](O)c3c(C)coc3C[C@@H]12. The highest BCUT2D eigenvalue weighted by atomic mass is 16.5. The van der Waals surface area contributed by atoms with Crippen LogP contribution in [-0.4, -0.2) is 17.2 Å². The maximum absolute atomic E-state index is 12.3. The summed E-state index contributed by atoms with van der Waals surface area (Å²) in [7, 11) is 0. The van der Waals surface area contributed by atoms with E-state index in [1.807, 2.05) is 13.8 Å². The van der Waals surface area contributed by atoms with Crippen molar-refractivity contribution in [1.82, 2.24) is 0 Å². The molecule has 0 unspecified atom stereocenters. The molecule has 1 heterocycles. The minimum Gasteiger partial charge on any atom is -0.469 e. The molecule has 1 aromatic rings. The summed E-state index contributed by atoms with van der Waals surface area (Å²) in [5.41, 5.74) is 2.26. The number of allylic oxidation sites excluding steroid dienone is 1. The Morgan fingerprint density at radius 1 is 1.46 bits per heavy atom. The summed E-state index contributed by atoms with van der Waals surface area (Å²) < 4.78 is 11.5. The Morgan fingerprint density at radius 2 is 2.17 bits per heavy atom. The van der Waals surface area contributed by atoms with Gasteiger partial charge in [0, 0.05) is 28.9 Å². The van der Waals surface area contributed by atoms with Crippen LogP contribution in [0.5, 0.6) is 0 Å². The van der Waals surface area contributed by atoms with E-state index in [1.165, 1.54) is 0 Å². The Kier molecular flexibility index (Phi) is 4.37. The summed E-state index contributed by atoms with van der Waals surface area (Å²) >= 11 is 0. The van der Waals surface area contributed by atoms with Gasteiger partial charge < -0.3 is 14.3 Å². The number of aliphatic hydroxyl groups is 1. The zero-order chi connectivity index (χ0) is 17.6. The molecular weight excluding hydrogens is 304 g/mol. The number of esters is 1. The van der Waals surface area contributed by atoms with E-state index in [0.29, 0.717) is 17.9 Å². The molecule has 1 saturated carbocycles. The quantitative estimate of drug-likeness (QED) is 0.654. The first-order valence-corrected chi connectivity index (χ1v) is 8.89. The number of carbonyl (C=O) groups is 1. The van der Waals surface area contributed by atoms with Crippen molar-refractivity contribution in [3.05, 3.63) is 34.8 Å². The lowest BCUT2D eigenvalue weighted by Crippen LogP contribution is -2.53. The van der Waals surface area contributed by atoms with Crippen molar-refractivity contribution in [3.63, 3.8) is 0 Å². The molecule has 0 radical (unpaired) electrons. The third-order valence-electron chi connectivity index (χ3n) is 6.58. The van der Waals surface area contributed by atoms with Crippen LogP contribution in [0.15, 0.2) is 22.3 Å². The highest BCUT2D eigenvalue weighted by Gasteiger charge is 2.56. The van der Waals surface area contributed by atoms with Crippen molar-refractivity contribution in [3.8, 4) is 0 Å². The maximum atomic E-state index is 12.3. The van der Waals surface area contributed by atoms with Crippen molar-refractivity contribution in [2.45, 2.75) is 66.1 Å². The van der Waals surface area contributed by atoms with Gasteiger partial charge in [0.15, 0.2) is 0 Å². The van der Waals surface area contributed by atoms with Crippen LogP contribution in [0.3, 0.4) is 0 Å². The second-order valence-electron chi connectivity index (χ2n) is 7.73. The lowest BCUT2D eigenvalue weighted by atomic mass is 9.53. The second-order valence-corrected chi connectivity index (χ2v) is 7.73. The highest BCUT2D eigenvalue weighted by Crippen LogP contribution is 2.58. The molecule has 24 heavy (non-hydrogen) atoms. The molecule has 0 amide bonds. The van der Waals surface area contributed by atoms with Gasteiger partial charge in [-0.05, 0) is 45.1 Å². The van der Waals surface area contributed by atoms with Crippen molar-refractivity contribution >= 4 is 5.97 Å². The van der Waals surface area contributed by atoms with Crippen LogP contribution in [-0.2, 0) is 16.0 Å². The minimum atomic E-state index is -0.579. The van der Waals surface area contributed by atoms with E-state index in [2.05, 4.69) is 13.8 Å². The highest BCUT2D eigenvalue weighted by molar-refractivity contribution is 5.87. The molecule has 4 heteroatoms. The van der Waals surface area contributed by atoms with Gasteiger partial charge in [-0.3, -0.25) is 0 Å². The van der Waals surface area contributed by atoms with E-state index >= 15 is 0 Å². The molecule has 1 aromatic heterocycles. The molecule has 1 fully saturated rings. The average molecular weight is 332 g/mol. The molecule has 2 aliphatic rings. The van der Waals surface area contributed by atoms with Gasteiger partial charge in [0.1, 0.15) is 11.9 Å². The van der Waals surface area contributed by atoms with E-state index in [-0.39, 0.29) is 23.4 Å². The predicted octanol–water partition coefficient (Wildman–Crippen LogP) is 4.11. The van der Waals surface area contributed by atoms with Crippen molar-refractivity contribution in [2.24, 2.45) is 17.3 Å². The number of fused-ring (bicyclic) bond motifs is 2. The van der Waals surface area contributed by atoms with Crippen LogP contribution in [0.2, 0.25) is 0 Å². The number of hydrogen-bond acceptors (Lipinski definition) is 4. The van der Waals surface area contributed by atoms with Crippen LogP contribution in [0.4, 0.5) is 0 Å². The van der Waals surface area contributed by atoms with E-state index in [1.54, 1.807) is 19.3 Å². The summed E-state index contributed by atoms with van der Waals surface area (Å²) in [5.74, 6) is 1.02. The lowest BCUT2D eigenvalue weighted by molar-refractivity contribution is -0.170. The smallest absolute Gasteiger partial charge is 0.333 e. The molecule has 2 aliphatic carbocycles. The van der Waals surface area contributed by atoms with E-state index < -0.39 is 6.10 Å². The van der Waals surface area contributed by atoms with Crippen molar-refractivity contribution < 1.29 is 19.1 Å². The number of ether oxygens (including phenoxy) is 1. The van der Waals surface area contributed by atoms with E-state index in [0.717, 1.165) is 29.7 Å². The lowest BCUT2D eigenvalue weighted by Gasteiger charge is -2.54. The Hall–Kier alpha value is -1.55. The molecular formula is C20H28O4. The van der Waals surface area contributed by atoms with Gasteiger partial charge in [0.2, 0.25) is 0 Å². The number of aliphatic hydroxyl groups excluding tert-OH is 1. The molecule has 0 aliphatic heterocycles. The zero-order valence-electron chi connectivity index (χ0n) is 15.3. The third kappa shape index (κ3) is 2.43. The molecule has 5 atom stereocenters. The van der Waals surface area contributed by atoms with Gasteiger partial charge in [0.05, 0.1) is 12.4 Å². The number of carbonyl (C=O) groups excluding carboxylic acids is 1. The maximum Gasteiger partial charge on any atom is 0.333 e. The van der Waals surface area contributed by atoms with Gasteiger partial charge in [0.25, 0.3) is 0 Å². The fourth-order valence-corrected chi connectivity index (χ4v) is 4.55. The summed E-state index contributed by atoms with van der Waals surface area (Å²) in [6.45, 7) is 9.94. The van der Waals surface area contributed by atoms with E-state index in [4.69, 9.17) is 9.15 Å². The van der Waals surface area contributed by atoms with Gasteiger partial charge >= 0.3 is 5.97 Å². The normalized spacial score (nSPS) is 36.0. The van der Waals surface area contributed by atoms with Gasteiger partial charge in [-0.15, -0.1) is 0 Å². The fraction of sp³-hybridized carbons (Fsp3) is 0.650. The molecule has 0 spiro atoms. The first-order valence-electron chi connectivity index (χ1n) is 8.89. The van der Waals surface area contributed by atoms with Crippen molar-refractivity contribution in [1.29, 1.82) is 0 Å². The first-order chi connectivity index (χ1) is 11.3. The number of hydrogen-bond donors (Lipinski definition) is 1. The number of rotatable bonds is 2. The van der Waals surface area contributed by atoms with E-state index in [9.17, 15) is 9.90 Å². The van der Waals surface area contributed by atoms with Gasteiger partial charge in [-0.25, -0.2) is 4.79 Å². The Balaban J connectivity index is 1.96. The Morgan fingerprint density at radius 3 is 2.83 bits per heavy atom. The van der Waals surface area contributed by atoms with Crippen LogP contribution >= 0.6 is 0 Å². The predicted molar refractivity (Wildman–Crippen MR) is 91.4 cm³/mol. The van der Waals surface area contributed by atoms with Crippen LogP contribution < -0.4 is 0 Å². The molecule has 132 valence electrons. The summed E-state index contributed by atoms with van der Waals surface area (Å²) in [4.78, 5) is 12.3. The minimum absolute atomic E-state index is 0.0721. The zero-order valence-corrected chi connectivity index (χ0v) is 15.3. The number of furan rings is 1. The fourth-order valence-electron chi connectivity index (χ4n) is 4.55. The number of aryl methyl sites for hydroxylation is 1. The monoisotopic (exact) mass is 332 g/mol. The van der Waals surface area contributed by atoms with Crippen LogP contribution in [0.25, 0.3) is 0 Å². The van der Waals surface area contributed by atoms with Crippen LogP contribution in [0, 0.1) is 24.2 Å². The molecule has 0 bridgehead atoms. The summed E-state index contributed by atoms with van der Waals surface area (Å²) in [6, 6.07) is 0. The Labute approximate surface area is 143 Å². The second kappa shape index (κ2) is 6.07. The molecule has 1 N–H and O–H groups in total. The van der Waals surface area contributed by atoms with Gasteiger partial charge in [-0.2, -0.15) is 0 Å². The summed E-state index contributed by atoms with van der Waals surface area (Å²) in [5, 5.41) is 11.2. The molecule has 3 rings (SSSR count). The standard InChI is InChI=1S/C20H28O4/c1-6-11(2)19(22)24-15-8-7-13(4)20(5)14(15)9-16-17(18(20)21)12(3)10-23-16/h6,10,13-15,18,21H,7-9H2,1-5H3/b11-6+/t13-,14-,15-,18+,20+/m0/s1. The van der Waals surface area contributed by atoms with Crippen molar-refractivity contribution in [2.75, 3.05) is 0 Å². The molecule has 0 aromatic carbocycles. The van der Waals surface area contributed by atoms with Gasteiger partial charge in [-0.1, -0.05) is 19.9 Å². The molecule has 0 saturated heterocycles. The Bertz CT molecular complexity index is 671. The summed E-state index contributed by atoms with van der Waals surface area (Å²) in [6.07, 6.45) is 5.25. The average Bonchev–Trinajstić information content (AvgIpc) is 2.93. The molecule has 4 nitrogen and oxygen atoms in total. The van der Waals surface area contributed by atoms with Crippen LogP contribution in [0.1, 0.15) is 63.5 Å². The first kappa shape index (κ1) is 17.3. The topological polar surface area (TPSA) is 59.7 Å². The third-order valence-corrected chi connectivity index (χ3v) is 6.58. The largest absolute Gasteiger partial charge is 0.469 e.